The number of ether oxygens (including phenoxy) is 2. The predicted molar refractivity (Wildman–Crippen MR) is 140 cm³/mol. The average Bonchev–Trinajstić information content (AvgIpc) is 3.28. The van der Waals surface area contributed by atoms with Crippen LogP contribution in [0, 0.1) is 18.7 Å². The predicted octanol–water partition coefficient (Wildman–Crippen LogP) is 5.19. The van der Waals surface area contributed by atoms with Gasteiger partial charge in [-0.15, -0.1) is 5.10 Å². The summed E-state index contributed by atoms with van der Waals surface area (Å²) in [6, 6.07) is 8.51. The second kappa shape index (κ2) is 12.2. The zero-order valence-electron chi connectivity index (χ0n) is 22.2. The second-order valence-electron chi connectivity index (χ2n) is 9.21. The number of nitrogens with two attached hydrogens (primary N) is 1. The lowest BCUT2D eigenvalue weighted by Gasteiger charge is -2.17. The van der Waals surface area contributed by atoms with Crippen LogP contribution in [0.4, 0.5) is 19.1 Å². The maximum absolute atomic E-state index is 13.7. The largest absolute Gasteiger partial charge is 0.471 e. The molecule has 0 saturated heterocycles. The average molecular weight is 542 g/mol. The van der Waals surface area contributed by atoms with E-state index in [1.54, 1.807) is 24.8 Å². The first-order chi connectivity index (χ1) is 18.7. The molecule has 3 aromatic heterocycles. The topological polar surface area (TPSA) is 114 Å². The van der Waals surface area contributed by atoms with Gasteiger partial charge in [-0.25, -0.2) is 22.8 Å². The van der Waals surface area contributed by atoms with E-state index in [9.17, 15) is 13.2 Å². The van der Waals surface area contributed by atoms with Gasteiger partial charge in [-0.05, 0) is 61.2 Å². The van der Waals surface area contributed by atoms with Crippen LogP contribution in [0.15, 0.2) is 36.4 Å². The normalized spacial score (nSPS) is 12.2. The summed E-state index contributed by atoms with van der Waals surface area (Å²) >= 11 is 0. The van der Waals surface area contributed by atoms with Gasteiger partial charge < -0.3 is 15.2 Å². The molecular weight excluding hydrogens is 511 g/mol. The fraction of sp³-hybridized carbons (Fsp3) is 0.370. The molecule has 0 saturated carbocycles. The molecule has 1 atom stereocenters. The molecule has 0 fully saturated rings. The van der Waals surface area contributed by atoms with Crippen molar-refractivity contribution in [3.8, 4) is 28.3 Å². The number of nitrogens with zero attached hydrogens (tertiary/aromatic N) is 6. The van der Waals surface area contributed by atoms with E-state index in [4.69, 9.17) is 15.2 Å². The first kappa shape index (κ1) is 28.0. The van der Waals surface area contributed by atoms with Crippen molar-refractivity contribution in [3.05, 3.63) is 65.0 Å². The molecule has 9 nitrogen and oxygen atoms in total. The zero-order chi connectivity index (χ0) is 28.1. The molecule has 0 aliphatic carbocycles. The van der Waals surface area contributed by atoms with Crippen molar-refractivity contribution in [3.63, 3.8) is 0 Å². The number of alkyl halides is 2. The number of rotatable bonds is 11. The van der Waals surface area contributed by atoms with Crippen molar-refractivity contribution in [1.82, 2.24) is 29.9 Å². The number of halogens is 3. The highest BCUT2D eigenvalue weighted by Gasteiger charge is 2.23. The molecule has 0 aliphatic heterocycles. The van der Waals surface area contributed by atoms with Crippen LogP contribution in [0.2, 0.25) is 0 Å². The summed E-state index contributed by atoms with van der Waals surface area (Å²) < 4.78 is 54.3. The molecule has 39 heavy (non-hydrogen) atoms. The van der Waals surface area contributed by atoms with E-state index in [1.807, 2.05) is 13.8 Å². The molecule has 1 unspecified atom stereocenters. The summed E-state index contributed by atoms with van der Waals surface area (Å²) in [5.41, 5.74) is 9.03. The van der Waals surface area contributed by atoms with E-state index < -0.39 is 17.9 Å². The summed E-state index contributed by atoms with van der Waals surface area (Å²) in [4.78, 5) is 12.7. The maximum atomic E-state index is 13.7. The van der Waals surface area contributed by atoms with E-state index in [-0.39, 0.29) is 24.4 Å². The van der Waals surface area contributed by atoms with Gasteiger partial charge in [0.15, 0.2) is 0 Å². The van der Waals surface area contributed by atoms with Crippen molar-refractivity contribution < 1.29 is 22.6 Å². The molecule has 4 aromatic rings. The van der Waals surface area contributed by atoms with Gasteiger partial charge >= 0.3 is 0 Å². The van der Waals surface area contributed by atoms with Crippen LogP contribution in [0.1, 0.15) is 43.0 Å². The Labute approximate surface area is 224 Å². The molecule has 0 amide bonds. The summed E-state index contributed by atoms with van der Waals surface area (Å²) in [7, 11) is 1.64. The third kappa shape index (κ3) is 6.51. The number of methoxy groups -OCH3 is 1. The monoisotopic (exact) mass is 541 g/mol. The van der Waals surface area contributed by atoms with Gasteiger partial charge in [-0.2, -0.15) is 4.98 Å². The van der Waals surface area contributed by atoms with Gasteiger partial charge in [0.1, 0.15) is 18.1 Å². The Bertz CT molecular complexity index is 1430. The molecule has 1 aromatic carbocycles. The Hall–Kier alpha value is -4.06. The van der Waals surface area contributed by atoms with E-state index in [1.165, 1.54) is 30.3 Å². The SMILES string of the molecule is CCc1nnn(CC(C)COC)c1COc1nc(N)nc(-c2ccc(F)cc2)c1-c1cc(C)nc(C(F)F)c1. The molecule has 0 radical (unpaired) electrons. The van der Waals surface area contributed by atoms with Crippen LogP contribution >= 0.6 is 0 Å². The van der Waals surface area contributed by atoms with Gasteiger partial charge in [0.05, 0.1) is 29.3 Å². The zero-order valence-corrected chi connectivity index (χ0v) is 22.2. The number of pyridine rings is 1. The van der Waals surface area contributed by atoms with Gasteiger partial charge in [0.25, 0.3) is 6.43 Å². The Balaban J connectivity index is 1.83. The molecule has 3 heterocycles. The number of hydrogen-bond acceptors (Lipinski definition) is 8. The third-order valence-electron chi connectivity index (χ3n) is 6.03. The Morgan fingerprint density at radius 2 is 1.79 bits per heavy atom. The summed E-state index contributed by atoms with van der Waals surface area (Å²) in [5, 5.41) is 8.56. The van der Waals surface area contributed by atoms with Crippen LogP contribution in [0.25, 0.3) is 22.4 Å². The Morgan fingerprint density at radius 3 is 2.46 bits per heavy atom. The number of aryl methyl sites for hydroxylation is 2. The molecule has 0 bridgehead atoms. The number of aromatic nitrogens is 6. The van der Waals surface area contributed by atoms with Gasteiger partial charge in [0.2, 0.25) is 11.8 Å². The molecule has 0 aliphatic rings. The molecule has 0 spiro atoms. The lowest BCUT2D eigenvalue weighted by Crippen LogP contribution is -2.17. The van der Waals surface area contributed by atoms with E-state index in [0.717, 1.165) is 11.4 Å². The Kier molecular flexibility index (Phi) is 8.75. The first-order valence-corrected chi connectivity index (χ1v) is 12.4. The summed E-state index contributed by atoms with van der Waals surface area (Å²) in [6.45, 7) is 6.75. The van der Waals surface area contributed by atoms with Crippen molar-refractivity contribution in [2.45, 2.75) is 46.8 Å². The van der Waals surface area contributed by atoms with Crippen molar-refractivity contribution >= 4 is 5.95 Å². The minimum atomic E-state index is -2.79. The highest BCUT2D eigenvalue weighted by molar-refractivity contribution is 5.85. The molecular formula is C27H30F3N7O2. The number of benzene rings is 1. The van der Waals surface area contributed by atoms with Crippen LogP contribution in [-0.4, -0.2) is 43.7 Å². The standard InChI is InChI=1S/C27H30F3N7O2/c1-5-20-22(37(36-35-20)12-15(2)13-38-4)14-39-26-23(18-10-16(3)32-21(11-18)25(29)30)24(33-27(31)34-26)17-6-8-19(28)9-7-17/h6-11,15,25H,5,12-14H2,1-4H3,(H2,31,33,34). The van der Waals surface area contributed by atoms with Crippen LogP contribution in [-0.2, 0) is 24.3 Å². The first-order valence-electron chi connectivity index (χ1n) is 12.4. The van der Waals surface area contributed by atoms with E-state index >= 15 is 0 Å². The summed E-state index contributed by atoms with van der Waals surface area (Å²) in [5.74, 6) is -0.284. The van der Waals surface area contributed by atoms with Crippen molar-refractivity contribution in [2.24, 2.45) is 5.92 Å². The van der Waals surface area contributed by atoms with Gasteiger partial charge in [-0.1, -0.05) is 19.1 Å². The van der Waals surface area contributed by atoms with Crippen LogP contribution in [0.3, 0.4) is 0 Å². The summed E-state index contributed by atoms with van der Waals surface area (Å²) in [6.07, 6.45) is -2.17. The van der Waals surface area contributed by atoms with Crippen molar-refractivity contribution in [1.29, 1.82) is 0 Å². The number of anilines is 1. The second-order valence-corrected chi connectivity index (χ2v) is 9.21. The quantitative estimate of drug-likeness (QED) is 0.276. The molecule has 4 rings (SSSR count). The van der Waals surface area contributed by atoms with Crippen molar-refractivity contribution in [2.75, 3.05) is 19.5 Å². The third-order valence-corrected chi connectivity index (χ3v) is 6.03. The highest BCUT2D eigenvalue weighted by Crippen LogP contribution is 2.39. The fourth-order valence-electron chi connectivity index (χ4n) is 4.31. The van der Waals surface area contributed by atoms with Gasteiger partial charge in [-0.3, -0.25) is 4.98 Å². The number of nitrogen functional groups attached to an aromatic ring is 1. The lowest BCUT2D eigenvalue weighted by molar-refractivity contribution is 0.146. The minimum Gasteiger partial charge on any atom is -0.471 e. The highest BCUT2D eigenvalue weighted by atomic mass is 19.3. The van der Waals surface area contributed by atoms with Crippen LogP contribution < -0.4 is 10.5 Å². The fourth-order valence-corrected chi connectivity index (χ4v) is 4.31. The van der Waals surface area contributed by atoms with E-state index in [0.29, 0.717) is 47.7 Å². The van der Waals surface area contributed by atoms with Crippen LogP contribution in [0.5, 0.6) is 5.88 Å². The maximum Gasteiger partial charge on any atom is 0.280 e. The number of hydrogen-bond donors (Lipinski definition) is 1. The Morgan fingerprint density at radius 1 is 1.05 bits per heavy atom. The van der Waals surface area contributed by atoms with E-state index in [2.05, 4.69) is 25.3 Å². The smallest absolute Gasteiger partial charge is 0.280 e. The van der Waals surface area contributed by atoms with Gasteiger partial charge in [0, 0.05) is 24.9 Å². The molecule has 206 valence electrons. The minimum absolute atomic E-state index is 0.0357. The molecule has 12 heteroatoms. The molecule has 2 N–H and O–H groups in total. The lowest BCUT2D eigenvalue weighted by atomic mass is 9.99.